The van der Waals surface area contributed by atoms with Crippen LogP contribution in [0.5, 0.6) is 5.75 Å². The molecule has 2 amide bonds. The van der Waals surface area contributed by atoms with E-state index in [1.54, 1.807) is 0 Å². The predicted molar refractivity (Wildman–Crippen MR) is 106 cm³/mol. The summed E-state index contributed by atoms with van der Waals surface area (Å²) >= 11 is 6.06. The lowest BCUT2D eigenvalue weighted by Crippen LogP contribution is -2.32. The van der Waals surface area contributed by atoms with Crippen molar-refractivity contribution in [1.82, 2.24) is 5.32 Å². The third kappa shape index (κ3) is 5.37. The van der Waals surface area contributed by atoms with Crippen LogP contribution in [0.15, 0.2) is 30.3 Å². The van der Waals surface area contributed by atoms with Gasteiger partial charge in [0.05, 0.1) is 29.9 Å². The van der Waals surface area contributed by atoms with Crippen LogP contribution < -0.4 is 15.4 Å². The van der Waals surface area contributed by atoms with Gasteiger partial charge in [-0.15, -0.1) is 0 Å². The van der Waals surface area contributed by atoms with E-state index in [0.717, 1.165) is 22.4 Å². The van der Waals surface area contributed by atoms with Gasteiger partial charge in [-0.25, -0.2) is 9.59 Å². The number of anilines is 1. The van der Waals surface area contributed by atoms with Crippen molar-refractivity contribution in [2.24, 2.45) is 0 Å². The third-order valence-corrected chi connectivity index (χ3v) is 4.47. The van der Waals surface area contributed by atoms with Crippen molar-refractivity contribution in [3.8, 4) is 5.75 Å². The van der Waals surface area contributed by atoms with E-state index in [4.69, 9.17) is 16.3 Å². The largest absolute Gasteiger partial charge is 0.491 e. The molecule has 2 rings (SSSR count). The highest BCUT2D eigenvalue weighted by molar-refractivity contribution is 6.33. The number of methoxy groups -OCH3 is 1. The monoisotopic (exact) mass is 390 g/mol. The number of esters is 1. The van der Waals surface area contributed by atoms with E-state index in [0.29, 0.717) is 29.4 Å². The zero-order chi connectivity index (χ0) is 20.0. The lowest BCUT2D eigenvalue weighted by Gasteiger charge is -2.14. The maximum absolute atomic E-state index is 12.1. The predicted octanol–water partition coefficient (Wildman–Crippen LogP) is 4.25. The third-order valence-electron chi connectivity index (χ3n) is 4.14. The molecule has 0 spiro atoms. The van der Waals surface area contributed by atoms with Gasteiger partial charge in [-0.3, -0.25) is 0 Å². The van der Waals surface area contributed by atoms with Crippen LogP contribution in [0.3, 0.4) is 0 Å². The van der Waals surface area contributed by atoms with Gasteiger partial charge in [0.1, 0.15) is 12.4 Å². The molecule has 27 heavy (non-hydrogen) atoms. The second kappa shape index (κ2) is 9.28. The van der Waals surface area contributed by atoms with Gasteiger partial charge in [-0.2, -0.15) is 0 Å². The number of halogens is 1. The van der Waals surface area contributed by atoms with E-state index in [1.165, 1.54) is 25.3 Å². The molecule has 0 radical (unpaired) electrons. The van der Waals surface area contributed by atoms with Crippen molar-refractivity contribution in [3.63, 3.8) is 0 Å². The van der Waals surface area contributed by atoms with Crippen LogP contribution in [-0.2, 0) is 4.74 Å². The molecule has 0 aliphatic rings. The first kappa shape index (κ1) is 20.6. The second-order valence-electron chi connectivity index (χ2n) is 6.07. The summed E-state index contributed by atoms with van der Waals surface area (Å²) in [5, 5.41) is 5.63. The number of urea groups is 1. The normalized spacial score (nSPS) is 10.3. The van der Waals surface area contributed by atoms with E-state index in [-0.39, 0.29) is 0 Å². The fraction of sp³-hybridized carbons (Fsp3) is 0.300. The average molecular weight is 391 g/mol. The average Bonchev–Trinajstić information content (AvgIpc) is 2.65. The maximum Gasteiger partial charge on any atom is 0.337 e. The standard InChI is InChI=1S/C20H23ClN2O4/c1-12-5-6-13(2)18(14(12)3)27-10-9-22-20(25)23-17-11-15(19(24)26-4)7-8-16(17)21/h5-8,11H,9-10H2,1-4H3,(H2,22,23,25). The van der Waals surface area contributed by atoms with Crippen LogP contribution in [0.25, 0.3) is 0 Å². The molecule has 0 atom stereocenters. The summed E-state index contributed by atoms with van der Waals surface area (Å²) < 4.78 is 10.5. The minimum atomic E-state index is -0.507. The first-order valence-corrected chi connectivity index (χ1v) is 8.83. The lowest BCUT2D eigenvalue weighted by molar-refractivity contribution is 0.0600. The maximum atomic E-state index is 12.1. The highest BCUT2D eigenvalue weighted by Crippen LogP contribution is 2.25. The van der Waals surface area contributed by atoms with Crippen LogP contribution >= 0.6 is 11.6 Å². The molecule has 0 saturated heterocycles. The fourth-order valence-corrected chi connectivity index (χ4v) is 2.66. The van der Waals surface area contributed by atoms with Gasteiger partial charge in [-0.1, -0.05) is 23.7 Å². The smallest absolute Gasteiger partial charge is 0.337 e. The molecule has 0 unspecified atom stereocenters. The molecule has 2 aromatic rings. The summed E-state index contributed by atoms with van der Waals surface area (Å²) in [6, 6.07) is 8.13. The van der Waals surface area contributed by atoms with E-state index in [9.17, 15) is 9.59 Å². The quantitative estimate of drug-likeness (QED) is 0.571. The molecule has 0 heterocycles. The molecule has 0 aromatic heterocycles. The van der Waals surface area contributed by atoms with Crippen molar-refractivity contribution in [2.75, 3.05) is 25.6 Å². The Labute approximate surface area is 163 Å². The van der Waals surface area contributed by atoms with E-state index < -0.39 is 12.0 Å². The number of hydrogen-bond acceptors (Lipinski definition) is 4. The fourth-order valence-electron chi connectivity index (χ4n) is 2.50. The van der Waals surface area contributed by atoms with E-state index >= 15 is 0 Å². The van der Waals surface area contributed by atoms with Crippen LogP contribution in [-0.4, -0.2) is 32.3 Å². The van der Waals surface area contributed by atoms with Gasteiger partial charge < -0.3 is 20.1 Å². The molecule has 2 aromatic carbocycles. The topological polar surface area (TPSA) is 76.7 Å². The first-order chi connectivity index (χ1) is 12.8. The molecule has 2 N–H and O–H groups in total. The first-order valence-electron chi connectivity index (χ1n) is 8.45. The van der Waals surface area contributed by atoms with Crippen molar-refractivity contribution in [3.05, 3.63) is 57.6 Å². The van der Waals surface area contributed by atoms with E-state index in [2.05, 4.69) is 21.4 Å². The Morgan fingerprint density at radius 2 is 1.78 bits per heavy atom. The number of ether oxygens (including phenoxy) is 2. The number of benzene rings is 2. The zero-order valence-corrected chi connectivity index (χ0v) is 16.6. The van der Waals surface area contributed by atoms with Gasteiger partial charge in [0.2, 0.25) is 0 Å². The molecule has 7 heteroatoms. The second-order valence-corrected chi connectivity index (χ2v) is 6.48. The van der Waals surface area contributed by atoms with Crippen LogP contribution in [0.2, 0.25) is 5.02 Å². The number of hydrogen-bond donors (Lipinski definition) is 2. The molecule has 0 fully saturated rings. The molecule has 6 nitrogen and oxygen atoms in total. The Hall–Kier alpha value is -2.73. The molecular weight excluding hydrogens is 368 g/mol. The highest BCUT2D eigenvalue weighted by atomic mass is 35.5. The molecule has 0 saturated carbocycles. The highest BCUT2D eigenvalue weighted by Gasteiger charge is 2.11. The lowest BCUT2D eigenvalue weighted by atomic mass is 10.1. The van der Waals surface area contributed by atoms with Crippen LogP contribution in [0.4, 0.5) is 10.5 Å². The van der Waals surface area contributed by atoms with Crippen molar-refractivity contribution in [1.29, 1.82) is 0 Å². The number of rotatable bonds is 6. The van der Waals surface area contributed by atoms with Gasteiger partial charge in [0, 0.05) is 0 Å². The van der Waals surface area contributed by atoms with Gasteiger partial charge >= 0.3 is 12.0 Å². The Bertz CT molecular complexity index is 852. The minimum absolute atomic E-state index is 0.297. The summed E-state index contributed by atoms with van der Waals surface area (Å²) in [7, 11) is 1.29. The number of amides is 2. The molecule has 0 bridgehead atoms. The van der Waals surface area contributed by atoms with Crippen LogP contribution in [0.1, 0.15) is 27.0 Å². The van der Waals surface area contributed by atoms with Gasteiger partial charge in [0.15, 0.2) is 0 Å². The van der Waals surface area contributed by atoms with Crippen molar-refractivity contribution < 1.29 is 19.1 Å². The van der Waals surface area contributed by atoms with E-state index in [1.807, 2.05) is 26.8 Å². The van der Waals surface area contributed by atoms with Crippen LogP contribution in [0, 0.1) is 20.8 Å². The zero-order valence-electron chi connectivity index (χ0n) is 15.8. The number of aryl methyl sites for hydroxylation is 2. The summed E-state index contributed by atoms with van der Waals surface area (Å²) in [6.07, 6.45) is 0. The summed E-state index contributed by atoms with van der Waals surface area (Å²) in [5.74, 6) is 0.332. The van der Waals surface area contributed by atoms with Crippen molar-refractivity contribution in [2.45, 2.75) is 20.8 Å². The summed E-state index contributed by atoms with van der Waals surface area (Å²) in [4.78, 5) is 23.6. The summed E-state index contributed by atoms with van der Waals surface area (Å²) in [6.45, 7) is 6.66. The number of carbonyl (C=O) groups is 2. The summed E-state index contributed by atoms with van der Waals surface area (Å²) in [5.41, 5.74) is 3.91. The van der Waals surface area contributed by atoms with Gasteiger partial charge in [0.25, 0.3) is 0 Å². The van der Waals surface area contributed by atoms with Gasteiger partial charge in [-0.05, 0) is 55.7 Å². The number of carbonyl (C=O) groups excluding carboxylic acids is 2. The molecule has 0 aliphatic heterocycles. The Kier molecular flexibility index (Phi) is 7.07. The minimum Gasteiger partial charge on any atom is -0.491 e. The molecule has 0 aliphatic carbocycles. The Morgan fingerprint density at radius 1 is 1.07 bits per heavy atom. The Balaban J connectivity index is 1.89. The SMILES string of the molecule is COC(=O)c1ccc(Cl)c(NC(=O)NCCOc2c(C)ccc(C)c2C)c1. The Morgan fingerprint density at radius 3 is 2.48 bits per heavy atom. The van der Waals surface area contributed by atoms with Crippen molar-refractivity contribution >= 4 is 29.3 Å². The number of nitrogens with one attached hydrogen (secondary N) is 2. The molecular formula is C20H23ClN2O4. The molecule has 144 valence electrons.